The molecule has 0 saturated carbocycles. The lowest BCUT2D eigenvalue weighted by Crippen LogP contribution is -1.94. The third-order valence-electron chi connectivity index (χ3n) is 3.17. The van der Waals surface area contributed by atoms with E-state index in [1.807, 2.05) is 18.2 Å². The number of aromatic carboxylic acids is 1. The van der Waals surface area contributed by atoms with Crippen molar-refractivity contribution in [3.63, 3.8) is 0 Å². The summed E-state index contributed by atoms with van der Waals surface area (Å²) in [5.74, 6) is -1.40. The highest BCUT2D eigenvalue weighted by molar-refractivity contribution is 9.10. The van der Waals surface area contributed by atoms with Crippen molar-refractivity contribution in [3.05, 3.63) is 64.3 Å². The highest BCUT2D eigenvalue weighted by Gasteiger charge is 2.07. The number of rotatable bonds is 4. The Hall–Kier alpha value is -2.93. The fourth-order valence-corrected chi connectivity index (χ4v) is 2.43. The first-order chi connectivity index (χ1) is 11.5. The van der Waals surface area contributed by atoms with Gasteiger partial charge in [0.25, 0.3) is 0 Å². The van der Waals surface area contributed by atoms with E-state index in [-0.39, 0.29) is 17.1 Å². The molecular formula is C17H10BrN2O4-. The summed E-state index contributed by atoms with van der Waals surface area (Å²) < 4.78 is 5.92. The van der Waals surface area contributed by atoms with E-state index in [2.05, 4.69) is 25.9 Å². The molecule has 1 N–H and O–H groups in total. The molecule has 1 heterocycles. The number of carboxylic acid groups (broad SMARTS) is 1. The van der Waals surface area contributed by atoms with Crippen LogP contribution in [0.15, 0.2) is 62.4 Å². The molecule has 0 amide bonds. The Bertz CT molecular complexity index is 917. The van der Waals surface area contributed by atoms with Crippen LogP contribution in [0.1, 0.15) is 16.1 Å². The molecule has 0 bridgehead atoms. The van der Waals surface area contributed by atoms with Crippen molar-refractivity contribution in [2.75, 3.05) is 0 Å². The number of aromatic nitrogens is 1. The lowest BCUT2D eigenvalue weighted by atomic mass is 10.2. The van der Waals surface area contributed by atoms with Crippen molar-refractivity contribution in [2.45, 2.75) is 0 Å². The van der Waals surface area contributed by atoms with E-state index in [1.165, 1.54) is 18.3 Å². The van der Waals surface area contributed by atoms with Gasteiger partial charge < -0.3 is 14.6 Å². The quantitative estimate of drug-likeness (QED) is 0.691. The molecule has 120 valence electrons. The SMILES string of the molecule is O=C(O)c1ccc(N=Cc2nc(-c3ccccc3Br)oc2[O-])cc1. The molecule has 1 aromatic heterocycles. The van der Waals surface area contributed by atoms with Gasteiger partial charge in [-0.25, -0.2) is 9.78 Å². The smallest absolute Gasteiger partial charge is 0.335 e. The maximum atomic E-state index is 11.9. The molecule has 3 aromatic rings. The summed E-state index contributed by atoms with van der Waals surface area (Å²) in [5, 5.41) is 20.7. The number of oxazole rings is 1. The third kappa shape index (κ3) is 3.36. The van der Waals surface area contributed by atoms with Crippen molar-refractivity contribution in [1.29, 1.82) is 0 Å². The van der Waals surface area contributed by atoms with Crippen molar-refractivity contribution in [2.24, 2.45) is 4.99 Å². The monoisotopic (exact) mass is 385 g/mol. The molecule has 6 nitrogen and oxygen atoms in total. The molecule has 2 aromatic carbocycles. The van der Waals surface area contributed by atoms with Gasteiger partial charge in [-0.05, 0) is 30.3 Å². The number of nitrogens with zero attached hydrogens (tertiary/aromatic N) is 2. The average molecular weight is 386 g/mol. The number of halogens is 1. The van der Waals surface area contributed by atoms with Crippen LogP contribution in [0.2, 0.25) is 0 Å². The van der Waals surface area contributed by atoms with E-state index < -0.39 is 11.9 Å². The summed E-state index contributed by atoms with van der Waals surface area (Å²) in [6.45, 7) is 0. The fourth-order valence-electron chi connectivity index (χ4n) is 1.98. The second kappa shape index (κ2) is 6.67. The van der Waals surface area contributed by atoms with Crippen LogP contribution >= 0.6 is 15.9 Å². The molecular weight excluding hydrogens is 376 g/mol. The van der Waals surface area contributed by atoms with Gasteiger partial charge in [-0.2, -0.15) is 0 Å². The molecule has 0 spiro atoms. The lowest BCUT2D eigenvalue weighted by molar-refractivity contribution is -0.293. The number of carboxylic acids is 1. The lowest BCUT2D eigenvalue weighted by Gasteiger charge is -2.02. The Labute approximate surface area is 145 Å². The van der Waals surface area contributed by atoms with Crippen molar-refractivity contribution < 1.29 is 19.4 Å². The summed E-state index contributed by atoms with van der Waals surface area (Å²) in [6, 6.07) is 13.2. The summed E-state index contributed by atoms with van der Waals surface area (Å²) in [5.41, 5.74) is 1.41. The fraction of sp³-hybridized carbons (Fsp3) is 0. The minimum atomic E-state index is -1.01. The Morgan fingerprint density at radius 1 is 1.21 bits per heavy atom. The molecule has 7 heteroatoms. The van der Waals surface area contributed by atoms with Crippen molar-refractivity contribution in [3.8, 4) is 17.4 Å². The van der Waals surface area contributed by atoms with E-state index in [0.29, 0.717) is 11.3 Å². The first-order valence-corrected chi connectivity index (χ1v) is 7.64. The standard InChI is InChI=1S/C17H11BrN2O4/c18-13-4-2-1-3-12(13)15-20-14(17(23)24-15)9-19-11-7-5-10(6-8-11)16(21)22/h1-9,23H,(H,21,22)/p-1. The predicted molar refractivity (Wildman–Crippen MR) is 89.7 cm³/mol. The molecule has 0 aliphatic heterocycles. The van der Waals surface area contributed by atoms with Gasteiger partial charge in [0.1, 0.15) is 11.6 Å². The average Bonchev–Trinajstić information content (AvgIpc) is 2.94. The molecule has 0 radical (unpaired) electrons. The molecule has 0 atom stereocenters. The second-order valence-corrected chi connectivity index (χ2v) is 5.64. The Morgan fingerprint density at radius 3 is 2.58 bits per heavy atom. The highest BCUT2D eigenvalue weighted by Crippen LogP contribution is 2.30. The topological polar surface area (TPSA) is 98.8 Å². The highest BCUT2D eigenvalue weighted by atomic mass is 79.9. The minimum absolute atomic E-state index is 0.0723. The zero-order valence-corrected chi connectivity index (χ0v) is 13.7. The molecule has 0 saturated heterocycles. The molecule has 0 aliphatic carbocycles. The van der Waals surface area contributed by atoms with Crippen LogP contribution in [-0.2, 0) is 0 Å². The third-order valence-corrected chi connectivity index (χ3v) is 3.87. The van der Waals surface area contributed by atoms with Gasteiger partial charge >= 0.3 is 5.97 Å². The Morgan fingerprint density at radius 2 is 1.92 bits per heavy atom. The van der Waals surface area contributed by atoms with Crippen molar-refractivity contribution >= 4 is 33.8 Å². The van der Waals surface area contributed by atoms with Gasteiger partial charge in [-0.3, -0.25) is 4.99 Å². The van der Waals surface area contributed by atoms with Gasteiger partial charge in [0.15, 0.2) is 0 Å². The first-order valence-electron chi connectivity index (χ1n) is 6.85. The van der Waals surface area contributed by atoms with Gasteiger partial charge in [-0.15, -0.1) is 0 Å². The number of aliphatic imine (C=N–C) groups is 1. The van der Waals surface area contributed by atoms with Crippen LogP contribution < -0.4 is 5.11 Å². The van der Waals surface area contributed by atoms with Crippen LogP contribution in [-0.4, -0.2) is 22.3 Å². The maximum absolute atomic E-state index is 11.9. The summed E-state index contributed by atoms with van der Waals surface area (Å²) >= 11 is 3.38. The van der Waals surface area contributed by atoms with Crippen LogP contribution in [0.4, 0.5) is 5.69 Å². The zero-order valence-electron chi connectivity index (χ0n) is 12.1. The first kappa shape index (κ1) is 15.9. The number of hydrogen-bond acceptors (Lipinski definition) is 5. The Kier molecular flexibility index (Phi) is 4.43. The van der Waals surface area contributed by atoms with Crippen LogP contribution in [0.25, 0.3) is 11.5 Å². The number of hydrogen-bond donors (Lipinski definition) is 1. The van der Waals surface area contributed by atoms with Crippen LogP contribution in [0.3, 0.4) is 0 Å². The zero-order chi connectivity index (χ0) is 17.1. The van der Waals surface area contributed by atoms with Gasteiger partial charge in [-0.1, -0.05) is 34.1 Å². The largest absolute Gasteiger partial charge is 0.562 e. The van der Waals surface area contributed by atoms with Crippen LogP contribution in [0, 0.1) is 0 Å². The maximum Gasteiger partial charge on any atom is 0.335 e. The van der Waals surface area contributed by atoms with Gasteiger partial charge in [0.05, 0.1) is 23.4 Å². The number of benzene rings is 2. The molecule has 3 rings (SSSR count). The molecule has 0 aliphatic rings. The van der Waals surface area contributed by atoms with E-state index in [9.17, 15) is 9.90 Å². The van der Waals surface area contributed by atoms with Crippen molar-refractivity contribution in [1.82, 2.24) is 4.98 Å². The Balaban J connectivity index is 1.85. The summed E-state index contributed by atoms with van der Waals surface area (Å²) in [7, 11) is 0. The van der Waals surface area contributed by atoms with E-state index in [1.54, 1.807) is 18.2 Å². The van der Waals surface area contributed by atoms with E-state index in [0.717, 1.165) is 4.47 Å². The van der Waals surface area contributed by atoms with Gasteiger partial charge in [0.2, 0.25) is 0 Å². The summed E-state index contributed by atoms with van der Waals surface area (Å²) in [6.07, 6.45) is 1.29. The number of carbonyl (C=O) groups is 1. The normalized spacial score (nSPS) is 11.0. The van der Waals surface area contributed by atoms with E-state index >= 15 is 0 Å². The minimum Gasteiger partial charge on any atom is -0.562 e. The van der Waals surface area contributed by atoms with Gasteiger partial charge in [0, 0.05) is 10.0 Å². The predicted octanol–water partition coefficient (Wildman–Crippen LogP) is 3.63. The molecule has 24 heavy (non-hydrogen) atoms. The van der Waals surface area contributed by atoms with E-state index in [4.69, 9.17) is 9.52 Å². The second-order valence-electron chi connectivity index (χ2n) is 4.78. The molecule has 0 fully saturated rings. The van der Waals surface area contributed by atoms with Crippen LogP contribution in [0.5, 0.6) is 5.95 Å². The molecule has 0 unspecified atom stereocenters. The summed E-state index contributed by atoms with van der Waals surface area (Å²) in [4.78, 5) is 19.1.